The van der Waals surface area contributed by atoms with Crippen LogP contribution in [0.4, 0.5) is 0 Å². The molecule has 0 radical (unpaired) electrons. The molecule has 0 saturated heterocycles. The maximum Gasteiger partial charge on any atom is 0.227 e. The molecule has 3 rings (SSSR count). The third kappa shape index (κ3) is 2.35. The van der Waals surface area contributed by atoms with Gasteiger partial charge in [-0.25, -0.2) is 0 Å². The summed E-state index contributed by atoms with van der Waals surface area (Å²) in [6.45, 7) is 2.83. The normalized spacial score (nSPS) is 19.3. The molecular weight excluding hydrogens is 234 g/mol. The average Bonchev–Trinajstić information content (AvgIpc) is 2.43. The summed E-state index contributed by atoms with van der Waals surface area (Å²) in [5, 5.41) is 0. The van der Waals surface area contributed by atoms with Crippen LogP contribution in [0.3, 0.4) is 0 Å². The highest BCUT2D eigenvalue weighted by atomic mass is 16.2. The summed E-state index contributed by atoms with van der Waals surface area (Å²) in [6, 6.07) is 10.2. The van der Waals surface area contributed by atoms with Crippen LogP contribution in [0.15, 0.2) is 53.3 Å². The molecule has 0 aromatic heterocycles. The minimum atomic E-state index is 0.261. The van der Waals surface area contributed by atoms with Crippen LogP contribution >= 0.6 is 0 Å². The quantitative estimate of drug-likeness (QED) is 0.785. The first-order valence-electron chi connectivity index (χ1n) is 6.99. The van der Waals surface area contributed by atoms with Crippen LogP contribution in [0.25, 0.3) is 0 Å². The number of carbonyl (C=O) groups is 1. The predicted octanol–water partition coefficient (Wildman–Crippen LogP) is 3.80. The fraction of sp³-hybridized carbons (Fsp3) is 0.353. The van der Waals surface area contributed by atoms with Crippen LogP contribution < -0.4 is 0 Å². The third-order valence-electron chi connectivity index (χ3n) is 4.00. The van der Waals surface area contributed by atoms with Gasteiger partial charge in [0.1, 0.15) is 0 Å². The lowest BCUT2D eigenvalue weighted by molar-refractivity contribution is -0.130. The van der Waals surface area contributed by atoms with Gasteiger partial charge in [0.05, 0.1) is 6.54 Å². The monoisotopic (exact) mass is 253 g/mol. The van der Waals surface area contributed by atoms with Gasteiger partial charge in [0.15, 0.2) is 0 Å². The van der Waals surface area contributed by atoms with Gasteiger partial charge in [-0.3, -0.25) is 4.79 Å². The number of amides is 1. The van der Waals surface area contributed by atoms with E-state index in [9.17, 15) is 4.79 Å². The summed E-state index contributed by atoms with van der Waals surface area (Å²) in [5.74, 6) is 0.261. The van der Waals surface area contributed by atoms with E-state index in [1.807, 2.05) is 23.1 Å². The number of rotatable bonds is 2. The summed E-state index contributed by atoms with van der Waals surface area (Å²) in [6.07, 6.45) is 6.11. The molecule has 0 spiro atoms. The SMILES string of the molecule is CC1=CCCC2=C1N(Cc1ccccc1)C(=O)CC2. The fourth-order valence-corrected chi connectivity index (χ4v) is 3.05. The minimum absolute atomic E-state index is 0.261. The van der Waals surface area contributed by atoms with E-state index in [1.54, 1.807) is 0 Å². The first-order valence-corrected chi connectivity index (χ1v) is 6.99. The van der Waals surface area contributed by atoms with Gasteiger partial charge < -0.3 is 4.90 Å². The molecule has 1 aromatic rings. The summed E-state index contributed by atoms with van der Waals surface area (Å²) in [4.78, 5) is 14.2. The maximum absolute atomic E-state index is 12.3. The van der Waals surface area contributed by atoms with Gasteiger partial charge in [-0.15, -0.1) is 0 Å². The van der Waals surface area contributed by atoms with Crippen LogP contribution in [-0.4, -0.2) is 10.8 Å². The lowest BCUT2D eigenvalue weighted by atomic mass is 9.89. The van der Waals surface area contributed by atoms with Gasteiger partial charge in [-0.05, 0) is 42.9 Å². The first kappa shape index (κ1) is 12.2. The molecule has 0 atom stereocenters. The minimum Gasteiger partial charge on any atom is -0.308 e. The Hall–Kier alpha value is -1.83. The standard InChI is InChI=1S/C17H19NO/c1-13-6-5-9-15-10-11-16(19)18(17(13)15)12-14-7-3-2-4-8-14/h2-4,6-8H,5,9-12H2,1H3. The Kier molecular flexibility index (Phi) is 3.24. The highest BCUT2D eigenvalue weighted by Crippen LogP contribution is 2.35. The van der Waals surface area contributed by atoms with Crippen molar-refractivity contribution < 1.29 is 4.79 Å². The van der Waals surface area contributed by atoms with Crippen molar-refractivity contribution in [1.29, 1.82) is 0 Å². The zero-order valence-electron chi connectivity index (χ0n) is 11.4. The Labute approximate surface area is 114 Å². The molecule has 0 saturated carbocycles. The molecule has 2 aliphatic rings. The molecule has 1 aromatic carbocycles. The first-order chi connectivity index (χ1) is 9.25. The van der Waals surface area contributed by atoms with Crippen LogP contribution in [0.1, 0.15) is 38.2 Å². The molecular formula is C17H19NO. The Morgan fingerprint density at radius 3 is 2.68 bits per heavy atom. The smallest absolute Gasteiger partial charge is 0.227 e. The maximum atomic E-state index is 12.3. The Morgan fingerprint density at radius 1 is 1.11 bits per heavy atom. The van der Waals surface area contributed by atoms with E-state index in [2.05, 4.69) is 25.1 Å². The second kappa shape index (κ2) is 5.04. The van der Waals surface area contributed by atoms with E-state index < -0.39 is 0 Å². The van der Waals surface area contributed by atoms with Gasteiger partial charge in [-0.1, -0.05) is 36.4 Å². The molecule has 1 aliphatic heterocycles. The fourth-order valence-electron chi connectivity index (χ4n) is 3.05. The topological polar surface area (TPSA) is 20.3 Å². The summed E-state index contributed by atoms with van der Waals surface area (Å²) in [7, 11) is 0. The second-order valence-corrected chi connectivity index (χ2v) is 5.34. The van der Waals surface area contributed by atoms with Gasteiger partial charge in [-0.2, -0.15) is 0 Å². The van der Waals surface area contributed by atoms with Gasteiger partial charge in [0, 0.05) is 12.1 Å². The van der Waals surface area contributed by atoms with Crippen LogP contribution in [0, 0.1) is 0 Å². The zero-order chi connectivity index (χ0) is 13.2. The third-order valence-corrected chi connectivity index (χ3v) is 4.00. The van der Waals surface area contributed by atoms with Gasteiger partial charge in [0.25, 0.3) is 0 Å². The van der Waals surface area contributed by atoms with Crippen molar-refractivity contribution in [2.24, 2.45) is 0 Å². The summed E-state index contributed by atoms with van der Waals surface area (Å²) >= 11 is 0. The van der Waals surface area contributed by atoms with E-state index >= 15 is 0 Å². The Bertz CT molecular complexity index is 554. The summed E-state index contributed by atoms with van der Waals surface area (Å²) in [5.41, 5.74) is 5.13. The number of hydrogen-bond acceptors (Lipinski definition) is 1. The molecule has 0 N–H and O–H groups in total. The van der Waals surface area contributed by atoms with Crippen molar-refractivity contribution in [3.05, 3.63) is 58.8 Å². The predicted molar refractivity (Wildman–Crippen MR) is 76.2 cm³/mol. The van der Waals surface area contributed by atoms with Crippen molar-refractivity contribution in [3.8, 4) is 0 Å². The van der Waals surface area contributed by atoms with Crippen molar-refractivity contribution in [1.82, 2.24) is 4.90 Å². The molecule has 0 unspecified atom stereocenters. The second-order valence-electron chi connectivity index (χ2n) is 5.34. The Morgan fingerprint density at radius 2 is 1.89 bits per heavy atom. The van der Waals surface area contributed by atoms with E-state index in [-0.39, 0.29) is 5.91 Å². The average molecular weight is 253 g/mol. The largest absolute Gasteiger partial charge is 0.308 e. The van der Waals surface area contributed by atoms with E-state index in [0.29, 0.717) is 13.0 Å². The molecule has 1 heterocycles. The van der Waals surface area contributed by atoms with E-state index in [0.717, 1.165) is 19.3 Å². The van der Waals surface area contributed by atoms with Gasteiger partial charge in [0.2, 0.25) is 5.91 Å². The number of benzene rings is 1. The molecule has 1 aliphatic carbocycles. The zero-order valence-corrected chi connectivity index (χ0v) is 11.4. The van der Waals surface area contributed by atoms with Crippen molar-refractivity contribution in [2.75, 3.05) is 0 Å². The molecule has 2 heteroatoms. The van der Waals surface area contributed by atoms with Crippen LogP contribution in [0.2, 0.25) is 0 Å². The number of hydrogen-bond donors (Lipinski definition) is 0. The molecule has 2 nitrogen and oxygen atoms in total. The van der Waals surface area contributed by atoms with Crippen LogP contribution in [0.5, 0.6) is 0 Å². The highest BCUT2D eigenvalue weighted by Gasteiger charge is 2.28. The highest BCUT2D eigenvalue weighted by molar-refractivity contribution is 5.81. The van der Waals surface area contributed by atoms with Gasteiger partial charge >= 0.3 is 0 Å². The summed E-state index contributed by atoms with van der Waals surface area (Å²) < 4.78 is 0. The molecule has 98 valence electrons. The number of allylic oxidation sites excluding steroid dienone is 3. The lowest BCUT2D eigenvalue weighted by Crippen LogP contribution is -2.35. The Balaban J connectivity index is 1.93. The molecule has 1 amide bonds. The van der Waals surface area contributed by atoms with Crippen LogP contribution in [-0.2, 0) is 11.3 Å². The number of nitrogens with zero attached hydrogens (tertiary/aromatic N) is 1. The van der Waals surface area contributed by atoms with E-state index in [1.165, 1.54) is 22.4 Å². The van der Waals surface area contributed by atoms with Crippen molar-refractivity contribution >= 4 is 5.91 Å². The van der Waals surface area contributed by atoms with Crippen molar-refractivity contribution in [3.63, 3.8) is 0 Å². The lowest BCUT2D eigenvalue weighted by Gasteiger charge is -2.35. The molecule has 0 fully saturated rings. The van der Waals surface area contributed by atoms with E-state index in [4.69, 9.17) is 0 Å². The molecule has 0 bridgehead atoms. The van der Waals surface area contributed by atoms with Crippen molar-refractivity contribution in [2.45, 2.75) is 39.2 Å². The molecule has 19 heavy (non-hydrogen) atoms. The number of carbonyl (C=O) groups excluding carboxylic acids is 1.